The van der Waals surface area contributed by atoms with Crippen molar-refractivity contribution in [2.75, 3.05) is 11.1 Å². The maximum atomic E-state index is 12.1. The predicted molar refractivity (Wildman–Crippen MR) is 92.2 cm³/mol. The third-order valence-electron chi connectivity index (χ3n) is 3.48. The summed E-state index contributed by atoms with van der Waals surface area (Å²) in [5, 5.41) is 2.63. The van der Waals surface area contributed by atoms with Gasteiger partial charge in [-0.15, -0.1) is 0 Å². The molecule has 4 nitrogen and oxygen atoms in total. The zero-order valence-corrected chi connectivity index (χ0v) is 14.0. The minimum Gasteiger partial charge on any atom is -0.325 e. The van der Waals surface area contributed by atoms with Crippen LogP contribution in [0, 0.1) is 0 Å². The summed E-state index contributed by atoms with van der Waals surface area (Å²) in [6.07, 6.45) is 3.27. The highest BCUT2D eigenvalue weighted by molar-refractivity contribution is 7.92. The molecule has 0 spiro atoms. The zero-order chi connectivity index (χ0) is 16.7. The van der Waals surface area contributed by atoms with E-state index in [1.807, 2.05) is 12.1 Å². The van der Waals surface area contributed by atoms with Crippen LogP contribution in [0.3, 0.4) is 0 Å². The number of benzene rings is 2. The second-order valence-corrected chi connectivity index (χ2v) is 7.41. The molecule has 0 radical (unpaired) electrons. The Kier molecular flexibility index (Phi) is 5.93. The van der Waals surface area contributed by atoms with Gasteiger partial charge < -0.3 is 5.32 Å². The molecule has 5 heteroatoms. The van der Waals surface area contributed by atoms with Crippen molar-refractivity contribution in [1.82, 2.24) is 0 Å². The fourth-order valence-corrected chi connectivity index (χ4v) is 3.37. The summed E-state index contributed by atoms with van der Waals surface area (Å²) in [5.41, 5.74) is 1.82. The van der Waals surface area contributed by atoms with Crippen molar-refractivity contribution in [3.05, 3.63) is 60.2 Å². The van der Waals surface area contributed by atoms with E-state index in [2.05, 4.69) is 12.2 Å². The number of aryl methyl sites for hydroxylation is 1. The molecular formula is C18H21NO3S. The molecule has 122 valence electrons. The number of hydrogen-bond donors (Lipinski definition) is 1. The van der Waals surface area contributed by atoms with E-state index in [-0.39, 0.29) is 4.90 Å². The number of nitrogens with one attached hydrogen (secondary N) is 1. The lowest BCUT2D eigenvalue weighted by Gasteiger charge is -2.07. The van der Waals surface area contributed by atoms with E-state index in [1.165, 1.54) is 17.7 Å². The molecular weight excluding hydrogens is 310 g/mol. The van der Waals surface area contributed by atoms with Crippen LogP contribution < -0.4 is 5.32 Å². The number of unbranched alkanes of at least 4 members (excludes halogenated alkanes) is 1. The Balaban J connectivity index is 1.97. The minimum atomic E-state index is -3.61. The maximum Gasteiger partial charge on any atom is 0.239 e. The van der Waals surface area contributed by atoms with E-state index in [4.69, 9.17) is 0 Å². The summed E-state index contributed by atoms with van der Waals surface area (Å²) in [7, 11) is -3.61. The number of hydrogen-bond acceptors (Lipinski definition) is 3. The van der Waals surface area contributed by atoms with Crippen molar-refractivity contribution >= 4 is 21.4 Å². The first-order chi connectivity index (χ1) is 11.0. The van der Waals surface area contributed by atoms with Gasteiger partial charge in [0.2, 0.25) is 5.91 Å². The van der Waals surface area contributed by atoms with E-state index in [1.54, 1.807) is 30.3 Å². The topological polar surface area (TPSA) is 63.2 Å². The van der Waals surface area contributed by atoms with Crippen molar-refractivity contribution in [1.29, 1.82) is 0 Å². The van der Waals surface area contributed by atoms with Gasteiger partial charge in [-0.2, -0.15) is 0 Å². The quantitative estimate of drug-likeness (QED) is 0.845. The molecule has 0 saturated carbocycles. The van der Waals surface area contributed by atoms with Gasteiger partial charge in [0.05, 0.1) is 4.90 Å². The van der Waals surface area contributed by atoms with Crippen LogP contribution in [0.4, 0.5) is 5.69 Å². The van der Waals surface area contributed by atoms with Crippen LogP contribution in [-0.4, -0.2) is 20.1 Å². The smallest absolute Gasteiger partial charge is 0.239 e. The second kappa shape index (κ2) is 7.92. The van der Waals surface area contributed by atoms with E-state index < -0.39 is 21.5 Å². The van der Waals surface area contributed by atoms with Gasteiger partial charge in [-0.05, 0) is 42.7 Å². The van der Waals surface area contributed by atoms with Crippen LogP contribution in [0.15, 0.2) is 59.5 Å². The number of carbonyl (C=O) groups is 1. The monoisotopic (exact) mass is 331 g/mol. The largest absolute Gasteiger partial charge is 0.325 e. The molecule has 2 aromatic rings. The molecule has 0 aliphatic carbocycles. The Labute approximate surface area is 137 Å². The highest BCUT2D eigenvalue weighted by Crippen LogP contribution is 2.14. The van der Waals surface area contributed by atoms with Gasteiger partial charge in [-0.3, -0.25) is 4.79 Å². The first kappa shape index (κ1) is 17.2. The fraction of sp³-hybridized carbons (Fsp3) is 0.278. The molecule has 0 unspecified atom stereocenters. The standard InChI is InChI=1S/C18H21NO3S/c1-2-3-7-15-10-12-16(13-11-15)19-18(20)14-23(21,22)17-8-5-4-6-9-17/h4-6,8-13H,2-3,7,14H2,1H3,(H,19,20). The zero-order valence-electron chi connectivity index (χ0n) is 13.2. The molecule has 1 amide bonds. The molecule has 0 aromatic heterocycles. The third-order valence-corrected chi connectivity index (χ3v) is 5.11. The lowest BCUT2D eigenvalue weighted by atomic mass is 10.1. The average molecular weight is 331 g/mol. The van der Waals surface area contributed by atoms with Gasteiger partial charge in [0.15, 0.2) is 9.84 Å². The lowest BCUT2D eigenvalue weighted by Crippen LogP contribution is -2.23. The van der Waals surface area contributed by atoms with E-state index >= 15 is 0 Å². The van der Waals surface area contributed by atoms with Crippen LogP contribution >= 0.6 is 0 Å². The van der Waals surface area contributed by atoms with Crippen molar-refractivity contribution in [3.8, 4) is 0 Å². The number of rotatable bonds is 7. The Hall–Kier alpha value is -2.14. The molecule has 0 aliphatic heterocycles. The SMILES string of the molecule is CCCCc1ccc(NC(=O)CS(=O)(=O)c2ccccc2)cc1. The molecule has 0 heterocycles. The number of sulfone groups is 1. The summed E-state index contributed by atoms with van der Waals surface area (Å²) in [6, 6.07) is 15.5. The molecule has 23 heavy (non-hydrogen) atoms. The van der Waals surface area contributed by atoms with Gasteiger partial charge >= 0.3 is 0 Å². The van der Waals surface area contributed by atoms with Crippen LogP contribution in [-0.2, 0) is 21.1 Å². The van der Waals surface area contributed by atoms with Gasteiger partial charge in [-0.25, -0.2) is 8.42 Å². The summed E-state index contributed by atoms with van der Waals surface area (Å²) in [6.45, 7) is 2.14. The van der Waals surface area contributed by atoms with E-state index in [9.17, 15) is 13.2 Å². The molecule has 0 fully saturated rings. The number of carbonyl (C=O) groups excluding carboxylic acids is 1. The Morgan fingerprint density at radius 1 is 1.00 bits per heavy atom. The minimum absolute atomic E-state index is 0.157. The van der Waals surface area contributed by atoms with Gasteiger partial charge in [0.25, 0.3) is 0 Å². The van der Waals surface area contributed by atoms with Crippen LogP contribution in [0.5, 0.6) is 0 Å². The fourth-order valence-electron chi connectivity index (χ4n) is 2.22. The lowest BCUT2D eigenvalue weighted by molar-refractivity contribution is -0.113. The van der Waals surface area contributed by atoms with Crippen LogP contribution in [0.25, 0.3) is 0 Å². The molecule has 2 aromatic carbocycles. The molecule has 0 atom stereocenters. The first-order valence-electron chi connectivity index (χ1n) is 7.68. The summed E-state index contributed by atoms with van der Waals surface area (Å²) in [5.74, 6) is -1.09. The molecule has 0 saturated heterocycles. The number of anilines is 1. The van der Waals surface area contributed by atoms with Crippen molar-refractivity contribution in [2.45, 2.75) is 31.1 Å². The Morgan fingerprint density at radius 2 is 1.65 bits per heavy atom. The predicted octanol–water partition coefficient (Wildman–Crippen LogP) is 3.44. The molecule has 2 rings (SSSR count). The van der Waals surface area contributed by atoms with Crippen molar-refractivity contribution in [3.63, 3.8) is 0 Å². The van der Waals surface area contributed by atoms with Crippen LogP contribution in [0.1, 0.15) is 25.3 Å². The van der Waals surface area contributed by atoms with E-state index in [0.29, 0.717) is 5.69 Å². The summed E-state index contributed by atoms with van der Waals surface area (Å²) in [4.78, 5) is 12.1. The van der Waals surface area contributed by atoms with Crippen molar-refractivity contribution in [2.24, 2.45) is 0 Å². The Bertz CT molecular complexity index is 738. The van der Waals surface area contributed by atoms with Gasteiger partial charge in [0, 0.05) is 5.69 Å². The van der Waals surface area contributed by atoms with E-state index in [0.717, 1.165) is 19.3 Å². The average Bonchev–Trinajstić information content (AvgIpc) is 2.54. The third kappa shape index (κ3) is 5.21. The first-order valence-corrected chi connectivity index (χ1v) is 9.33. The highest BCUT2D eigenvalue weighted by atomic mass is 32.2. The summed E-state index contributed by atoms with van der Waals surface area (Å²) >= 11 is 0. The summed E-state index contributed by atoms with van der Waals surface area (Å²) < 4.78 is 24.3. The molecule has 0 bridgehead atoms. The van der Waals surface area contributed by atoms with Gasteiger partial charge in [-0.1, -0.05) is 43.7 Å². The second-order valence-electron chi connectivity index (χ2n) is 5.42. The van der Waals surface area contributed by atoms with Gasteiger partial charge in [0.1, 0.15) is 5.75 Å². The highest BCUT2D eigenvalue weighted by Gasteiger charge is 2.18. The number of amides is 1. The van der Waals surface area contributed by atoms with Crippen LogP contribution in [0.2, 0.25) is 0 Å². The normalized spacial score (nSPS) is 11.2. The Morgan fingerprint density at radius 3 is 2.26 bits per heavy atom. The van der Waals surface area contributed by atoms with Crippen molar-refractivity contribution < 1.29 is 13.2 Å². The maximum absolute atomic E-state index is 12.1. The molecule has 1 N–H and O–H groups in total. The molecule has 0 aliphatic rings.